The van der Waals surface area contributed by atoms with Crippen LogP contribution in [0.3, 0.4) is 0 Å². The molecule has 2 aromatic carbocycles. The number of benzene rings is 2. The van der Waals surface area contributed by atoms with E-state index >= 15 is 0 Å². The molecule has 1 fully saturated rings. The molecule has 0 aliphatic carbocycles. The van der Waals surface area contributed by atoms with Gasteiger partial charge in [0.2, 0.25) is 5.91 Å². The van der Waals surface area contributed by atoms with E-state index < -0.39 is 0 Å². The first-order valence-electron chi connectivity index (χ1n) is 8.74. The van der Waals surface area contributed by atoms with Gasteiger partial charge in [-0.2, -0.15) is 5.26 Å². The predicted octanol–water partition coefficient (Wildman–Crippen LogP) is 4.16. The van der Waals surface area contributed by atoms with Crippen molar-refractivity contribution in [3.05, 3.63) is 53.8 Å². The fourth-order valence-electron chi connectivity index (χ4n) is 3.26. The number of nitriles is 1. The number of fused-ring (bicyclic) bond motifs is 1. The van der Waals surface area contributed by atoms with E-state index in [1.165, 1.54) is 23.5 Å². The molecule has 0 spiro atoms. The van der Waals surface area contributed by atoms with Gasteiger partial charge >= 0.3 is 0 Å². The van der Waals surface area contributed by atoms with Crippen LogP contribution in [0.15, 0.2) is 42.5 Å². The summed E-state index contributed by atoms with van der Waals surface area (Å²) in [6.45, 7) is 1.42. The summed E-state index contributed by atoms with van der Waals surface area (Å²) in [4.78, 5) is 19.3. The van der Waals surface area contributed by atoms with Crippen molar-refractivity contribution in [1.29, 1.82) is 5.26 Å². The summed E-state index contributed by atoms with van der Waals surface area (Å²) < 4.78 is 14.2. The molecule has 4 rings (SSSR count). The molecule has 1 aliphatic heterocycles. The van der Waals surface area contributed by atoms with Gasteiger partial charge < -0.3 is 10.2 Å². The SMILES string of the molecule is N#Cc1ccc(NC(=O)C2CCCN(c3nc4ccc(F)cc4s3)C2)cc1. The van der Waals surface area contributed by atoms with Crippen LogP contribution in [0.1, 0.15) is 18.4 Å². The molecular weight excluding hydrogens is 363 g/mol. The van der Waals surface area contributed by atoms with E-state index in [-0.39, 0.29) is 17.6 Å². The summed E-state index contributed by atoms with van der Waals surface area (Å²) in [5, 5.41) is 12.6. The van der Waals surface area contributed by atoms with E-state index in [9.17, 15) is 9.18 Å². The van der Waals surface area contributed by atoms with Crippen molar-refractivity contribution in [1.82, 2.24) is 4.98 Å². The number of amides is 1. The van der Waals surface area contributed by atoms with E-state index in [4.69, 9.17) is 5.26 Å². The highest BCUT2D eigenvalue weighted by atomic mass is 32.1. The quantitative estimate of drug-likeness (QED) is 0.741. The van der Waals surface area contributed by atoms with Crippen LogP contribution in [-0.4, -0.2) is 24.0 Å². The van der Waals surface area contributed by atoms with Crippen LogP contribution >= 0.6 is 11.3 Å². The third-order valence-electron chi connectivity index (χ3n) is 4.68. The van der Waals surface area contributed by atoms with Gasteiger partial charge in [0.1, 0.15) is 5.82 Å². The maximum absolute atomic E-state index is 13.4. The second-order valence-corrected chi connectivity index (χ2v) is 7.58. The van der Waals surface area contributed by atoms with Gasteiger partial charge in [0.15, 0.2) is 5.13 Å². The van der Waals surface area contributed by atoms with Crippen molar-refractivity contribution in [3.8, 4) is 6.07 Å². The molecule has 0 bridgehead atoms. The Morgan fingerprint density at radius 3 is 2.89 bits per heavy atom. The van der Waals surface area contributed by atoms with Gasteiger partial charge in [0.05, 0.1) is 27.8 Å². The maximum Gasteiger partial charge on any atom is 0.229 e. The number of piperidine rings is 1. The van der Waals surface area contributed by atoms with E-state index in [2.05, 4.69) is 21.3 Å². The van der Waals surface area contributed by atoms with Crippen LogP contribution in [-0.2, 0) is 4.79 Å². The van der Waals surface area contributed by atoms with E-state index in [1.807, 2.05) is 0 Å². The number of hydrogen-bond donors (Lipinski definition) is 1. The molecule has 7 heteroatoms. The summed E-state index contributed by atoms with van der Waals surface area (Å²) in [5.41, 5.74) is 2.02. The van der Waals surface area contributed by atoms with Gasteiger partial charge in [-0.1, -0.05) is 11.3 Å². The Labute approximate surface area is 160 Å². The third-order valence-corrected chi connectivity index (χ3v) is 5.76. The fraction of sp³-hybridized carbons (Fsp3) is 0.250. The molecule has 5 nitrogen and oxygen atoms in total. The van der Waals surface area contributed by atoms with E-state index in [1.54, 1.807) is 30.3 Å². The third kappa shape index (κ3) is 3.76. The molecule has 136 valence electrons. The van der Waals surface area contributed by atoms with Crippen LogP contribution in [0.5, 0.6) is 0 Å². The molecule has 1 saturated heterocycles. The molecule has 1 aliphatic rings. The maximum atomic E-state index is 13.4. The van der Waals surface area contributed by atoms with Crippen molar-refractivity contribution in [2.45, 2.75) is 12.8 Å². The molecule has 0 saturated carbocycles. The number of anilines is 2. The number of carbonyl (C=O) groups excluding carboxylic acids is 1. The molecule has 1 N–H and O–H groups in total. The number of aromatic nitrogens is 1. The lowest BCUT2D eigenvalue weighted by molar-refractivity contribution is -0.120. The summed E-state index contributed by atoms with van der Waals surface area (Å²) in [6, 6.07) is 13.5. The van der Waals surface area contributed by atoms with Crippen LogP contribution < -0.4 is 10.2 Å². The largest absolute Gasteiger partial charge is 0.347 e. The highest BCUT2D eigenvalue weighted by Gasteiger charge is 2.27. The zero-order valence-electron chi connectivity index (χ0n) is 14.5. The molecular formula is C20H17FN4OS. The molecule has 3 aromatic rings. The Morgan fingerprint density at radius 1 is 1.30 bits per heavy atom. The van der Waals surface area contributed by atoms with Gasteiger partial charge in [-0.3, -0.25) is 4.79 Å². The number of hydrogen-bond acceptors (Lipinski definition) is 5. The number of halogens is 1. The molecule has 1 amide bonds. The molecule has 2 heterocycles. The van der Waals surface area contributed by atoms with Gasteiger partial charge in [-0.25, -0.2) is 9.37 Å². The number of nitrogens with zero attached hydrogens (tertiary/aromatic N) is 3. The molecule has 1 atom stereocenters. The van der Waals surface area contributed by atoms with Crippen molar-refractivity contribution in [3.63, 3.8) is 0 Å². The van der Waals surface area contributed by atoms with Crippen molar-refractivity contribution in [2.24, 2.45) is 5.92 Å². The standard InChI is InChI=1S/C20H17FN4OS/c21-15-5-8-17-18(10-15)27-20(24-17)25-9-1-2-14(12-25)19(26)23-16-6-3-13(11-22)4-7-16/h3-8,10,14H,1-2,9,12H2,(H,23,26). The number of carbonyl (C=O) groups is 1. The second kappa shape index (κ2) is 7.33. The monoisotopic (exact) mass is 380 g/mol. The summed E-state index contributed by atoms with van der Waals surface area (Å²) in [6.07, 6.45) is 1.72. The number of nitrogens with one attached hydrogen (secondary N) is 1. The number of thiazole rings is 1. The first kappa shape index (κ1) is 17.4. The molecule has 1 unspecified atom stereocenters. The van der Waals surface area contributed by atoms with Gasteiger partial charge in [-0.05, 0) is 55.3 Å². The summed E-state index contributed by atoms with van der Waals surface area (Å²) in [7, 11) is 0. The summed E-state index contributed by atoms with van der Waals surface area (Å²) in [5.74, 6) is -0.439. The second-order valence-electron chi connectivity index (χ2n) is 6.57. The first-order valence-corrected chi connectivity index (χ1v) is 9.56. The fourth-order valence-corrected chi connectivity index (χ4v) is 4.28. The first-order chi connectivity index (χ1) is 13.1. The lowest BCUT2D eigenvalue weighted by atomic mass is 9.97. The van der Waals surface area contributed by atoms with Crippen LogP contribution in [0.25, 0.3) is 10.2 Å². The van der Waals surface area contributed by atoms with Crippen molar-refractivity contribution in [2.75, 3.05) is 23.3 Å². The average Bonchev–Trinajstić information content (AvgIpc) is 3.12. The van der Waals surface area contributed by atoms with Crippen LogP contribution in [0.4, 0.5) is 15.2 Å². The molecule has 0 radical (unpaired) electrons. The minimum atomic E-state index is -0.268. The van der Waals surface area contributed by atoms with Crippen molar-refractivity contribution >= 4 is 38.3 Å². The Kier molecular flexibility index (Phi) is 4.73. The average molecular weight is 380 g/mol. The Bertz CT molecular complexity index is 1020. The van der Waals surface area contributed by atoms with Gasteiger partial charge in [-0.15, -0.1) is 0 Å². The molecule has 1 aromatic heterocycles. The van der Waals surface area contributed by atoms with Crippen molar-refractivity contribution < 1.29 is 9.18 Å². The van der Waals surface area contributed by atoms with E-state index in [0.717, 1.165) is 34.7 Å². The Balaban J connectivity index is 1.46. The highest BCUT2D eigenvalue weighted by molar-refractivity contribution is 7.22. The normalized spacial score (nSPS) is 16.9. The zero-order valence-corrected chi connectivity index (χ0v) is 15.3. The summed E-state index contributed by atoms with van der Waals surface area (Å²) >= 11 is 1.45. The molecule has 27 heavy (non-hydrogen) atoms. The van der Waals surface area contributed by atoms with Gasteiger partial charge in [0, 0.05) is 18.8 Å². The minimum Gasteiger partial charge on any atom is -0.347 e. The van der Waals surface area contributed by atoms with Crippen LogP contribution in [0, 0.1) is 23.1 Å². The minimum absolute atomic E-state index is 0.0310. The topological polar surface area (TPSA) is 69.0 Å². The predicted molar refractivity (Wildman–Crippen MR) is 104 cm³/mol. The van der Waals surface area contributed by atoms with Gasteiger partial charge in [0.25, 0.3) is 0 Å². The smallest absolute Gasteiger partial charge is 0.229 e. The lowest BCUT2D eigenvalue weighted by Gasteiger charge is -2.31. The van der Waals surface area contributed by atoms with E-state index in [0.29, 0.717) is 17.8 Å². The number of rotatable bonds is 3. The Morgan fingerprint density at radius 2 is 2.11 bits per heavy atom. The van der Waals surface area contributed by atoms with Crippen LogP contribution in [0.2, 0.25) is 0 Å². The highest BCUT2D eigenvalue weighted by Crippen LogP contribution is 2.32. The lowest BCUT2D eigenvalue weighted by Crippen LogP contribution is -2.40. The Hall–Kier alpha value is -2.98. The zero-order chi connectivity index (χ0) is 18.8.